The Hall–Kier alpha value is -1.94. The monoisotopic (exact) mass is 1480 g/mol. The van der Waals surface area contributed by atoms with Gasteiger partial charge < -0.3 is 33.8 Å². The molecule has 0 spiro atoms. The van der Waals surface area contributed by atoms with Gasteiger partial charge in [-0.15, -0.1) is 0 Å². The van der Waals surface area contributed by atoms with E-state index in [-0.39, 0.29) is 25.7 Å². The minimum atomic E-state index is -4.96. The number of phosphoric ester groups is 2. The highest BCUT2D eigenvalue weighted by Gasteiger charge is 2.30. The van der Waals surface area contributed by atoms with Crippen LogP contribution in [-0.2, 0) is 65.4 Å². The molecule has 0 fully saturated rings. The molecule has 0 radical (unpaired) electrons. The van der Waals surface area contributed by atoms with E-state index in [0.717, 1.165) is 108 Å². The largest absolute Gasteiger partial charge is 0.472 e. The highest BCUT2D eigenvalue weighted by Crippen LogP contribution is 2.45. The lowest BCUT2D eigenvalue weighted by Gasteiger charge is -2.21. The van der Waals surface area contributed by atoms with Crippen molar-refractivity contribution in [3.63, 3.8) is 0 Å². The third-order valence-corrected chi connectivity index (χ3v) is 21.4. The van der Waals surface area contributed by atoms with Crippen LogP contribution in [0.25, 0.3) is 0 Å². The Bertz CT molecular complexity index is 1960. The molecular formula is C82H160O17P2. The van der Waals surface area contributed by atoms with Gasteiger partial charge in [0.05, 0.1) is 26.4 Å². The molecule has 0 bridgehead atoms. The Kier molecular flexibility index (Phi) is 70.9. The number of carbonyl (C=O) groups excluding carboxylic acids is 4. The molecule has 3 unspecified atom stereocenters. The summed E-state index contributed by atoms with van der Waals surface area (Å²) >= 11 is 0. The van der Waals surface area contributed by atoms with Crippen molar-refractivity contribution in [1.29, 1.82) is 0 Å². The first-order valence-electron chi connectivity index (χ1n) is 42.4. The van der Waals surface area contributed by atoms with Crippen LogP contribution >= 0.6 is 15.6 Å². The molecule has 0 saturated carbocycles. The van der Waals surface area contributed by atoms with Gasteiger partial charge in [0, 0.05) is 25.7 Å². The molecule has 17 nitrogen and oxygen atoms in total. The van der Waals surface area contributed by atoms with E-state index in [0.29, 0.717) is 25.7 Å². The SMILES string of the molecule is CCCCCCCCCCCCCCCCCCCC(=O)OC[C@H](COP(=O)(O)OC[C@@H](O)COP(=O)(O)OC[C@@H](COC(=O)CCCCCCCCCCCC(C)C)OC(=O)CCCCCCCCCCCCC(C)CC)OC(=O)CCCCCCCCCCCCCCCCCC(C)C. The van der Waals surface area contributed by atoms with Gasteiger partial charge in [-0.2, -0.15) is 0 Å². The van der Waals surface area contributed by atoms with E-state index < -0.39 is 97.5 Å². The van der Waals surface area contributed by atoms with Crippen molar-refractivity contribution in [2.45, 2.75) is 446 Å². The fraction of sp³-hybridized carbons (Fsp3) is 0.951. The van der Waals surface area contributed by atoms with Crippen molar-refractivity contribution in [3.8, 4) is 0 Å². The Balaban J connectivity index is 5.27. The van der Waals surface area contributed by atoms with Crippen LogP contribution in [0.15, 0.2) is 0 Å². The van der Waals surface area contributed by atoms with Gasteiger partial charge in [-0.3, -0.25) is 37.3 Å². The summed E-state index contributed by atoms with van der Waals surface area (Å²) in [5.41, 5.74) is 0. The first-order chi connectivity index (χ1) is 48.8. The number of carbonyl (C=O) groups is 4. The van der Waals surface area contributed by atoms with Crippen LogP contribution in [0.1, 0.15) is 427 Å². The molecule has 0 heterocycles. The fourth-order valence-electron chi connectivity index (χ4n) is 12.6. The minimum Gasteiger partial charge on any atom is -0.462 e. The highest BCUT2D eigenvalue weighted by atomic mass is 31.2. The molecule has 3 N–H and O–H groups in total. The molecule has 0 saturated heterocycles. The molecule has 0 aromatic rings. The maximum absolute atomic E-state index is 13.1. The predicted octanol–water partition coefficient (Wildman–Crippen LogP) is 24.5. The second-order valence-electron chi connectivity index (χ2n) is 30.7. The quantitative estimate of drug-likeness (QED) is 0.0222. The number of rotatable bonds is 80. The number of esters is 4. The number of hydrogen-bond donors (Lipinski definition) is 3. The lowest BCUT2D eigenvalue weighted by molar-refractivity contribution is -0.161. The molecule has 0 aliphatic heterocycles. The summed E-state index contributed by atoms with van der Waals surface area (Å²) in [4.78, 5) is 73.1. The van der Waals surface area contributed by atoms with Crippen LogP contribution in [0, 0.1) is 17.8 Å². The second kappa shape index (κ2) is 72.3. The summed E-state index contributed by atoms with van der Waals surface area (Å²) in [5.74, 6) is 0.240. The predicted molar refractivity (Wildman–Crippen MR) is 414 cm³/mol. The van der Waals surface area contributed by atoms with E-state index in [1.165, 1.54) is 238 Å². The normalized spacial score (nSPS) is 14.2. The Morgan fingerprint density at radius 3 is 0.752 bits per heavy atom. The van der Waals surface area contributed by atoms with Gasteiger partial charge in [0.2, 0.25) is 0 Å². The molecule has 0 rings (SSSR count). The van der Waals surface area contributed by atoms with Gasteiger partial charge in [0.25, 0.3) is 0 Å². The molecule has 0 aromatic carbocycles. The average molecular weight is 1480 g/mol. The molecule has 6 atom stereocenters. The minimum absolute atomic E-state index is 0.106. The molecule has 0 aromatic heterocycles. The van der Waals surface area contributed by atoms with Crippen LogP contribution in [0.4, 0.5) is 0 Å². The van der Waals surface area contributed by atoms with Crippen LogP contribution in [0.5, 0.6) is 0 Å². The number of aliphatic hydroxyl groups excluding tert-OH is 1. The van der Waals surface area contributed by atoms with E-state index in [2.05, 4.69) is 48.5 Å². The van der Waals surface area contributed by atoms with E-state index in [1.807, 2.05) is 0 Å². The van der Waals surface area contributed by atoms with Crippen LogP contribution in [0.2, 0.25) is 0 Å². The standard InChI is InChI=1S/C82H160O17P2/c1-8-10-11-12-13-14-15-16-17-18-21-24-27-35-42-49-56-63-79(84)92-69-77(98-81(86)65-58-51-44-36-28-25-22-19-20-23-26-32-39-46-53-60-73(3)4)71-96-100(88,89)94-67-76(83)68-95-101(90,91)97-72-78(70-93-80(85)64-57-50-43-38-31-33-40-47-54-61-74(5)6)99-82(87)66-59-52-45-37-30-29-34-41-48-55-62-75(7)9-2/h73-78,83H,8-72H2,1-7H3,(H,88,89)(H,90,91)/t75?,76-,77-,78-/m1/s1. The average Bonchev–Trinajstić information content (AvgIpc) is 1.41. The zero-order valence-corrected chi connectivity index (χ0v) is 68.2. The molecule has 0 amide bonds. The smallest absolute Gasteiger partial charge is 0.462 e. The maximum atomic E-state index is 13.1. The first kappa shape index (κ1) is 99.1. The lowest BCUT2D eigenvalue weighted by atomic mass is 9.99. The summed E-state index contributed by atoms with van der Waals surface area (Å²) in [5, 5.41) is 10.7. The van der Waals surface area contributed by atoms with Crippen LogP contribution in [0.3, 0.4) is 0 Å². The van der Waals surface area contributed by atoms with Crippen molar-refractivity contribution in [2.24, 2.45) is 17.8 Å². The summed E-state index contributed by atoms with van der Waals surface area (Å²) in [6, 6.07) is 0. The zero-order valence-electron chi connectivity index (χ0n) is 66.4. The Labute approximate surface area is 619 Å². The Morgan fingerprint density at radius 2 is 0.505 bits per heavy atom. The third-order valence-electron chi connectivity index (χ3n) is 19.5. The van der Waals surface area contributed by atoms with Gasteiger partial charge in [0.15, 0.2) is 12.2 Å². The number of ether oxygens (including phenoxy) is 4. The van der Waals surface area contributed by atoms with E-state index >= 15 is 0 Å². The molecule has 600 valence electrons. The van der Waals surface area contributed by atoms with Crippen molar-refractivity contribution in [1.82, 2.24) is 0 Å². The molecule has 0 aliphatic rings. The van der Waals surface area contributed by atoms with Crippen LogP contribution in [-0.4, -0.2) is 96.7 Å². The summed E-state index contributed by atoms with van der Waals surface area (Å²) in [6.45, 7) is 12.0. The number of hydrogen-bond acceptors (Lipinski definition) is 15. The topological polar surface area (TPSA) is 237 Å². The Morgan fingerprint density at radius 1 is 0.287 bits per heavy atom. The fourth-order valence-corrected chi connectivity index (χ4v) is 14.2. The summed E-state index contributed by atoms with van der Waals surface area (Å²) < 4.78 is 68.8. The van der Waals surface area contributed by atoms with Gasteiger partial charge in [0.1, 0.15) is 19.3 Å². The molecule has 0 aliphatic carbocycles. The van der Waals surface area contributed by atoms with Crippen LogP contribution < -0.4 is 0 Å². The van der Waals surface area contributed by atoms with Crippen molar-refractivity contribution in [2.75, 3.05) is 39.6 Å². The number of phosphoric acid groups is 2. The molecular weight excluding hydrogens is 1320 g/mol. The van der Waals surface area contributed by atoms with E-state index in [1.54, 1.807) is 0 Å². The van der Waals surface area contributed by atoms with E-state index in [9.17, 15) is 43.2 Å². The van der Waals surface area contributed by atoms with Gasteiger partial charge >= 0.3 is 39.5 Å². The highest BCUT2D eigenvalue weighted by molar-refractivity contribution is 7.47. The number of aliphatic hydroxyl groups is 1. The first-order valence-corrected chi connectivity index (χ1v) is 45.4. The zero-order chi connectivity index (χ0) is 74.4. The lowest BCUT2D eigenvalue weighted by Crippen LogP contribution is -2.30. The van der Waals surface area contributed by atoms with Crippen molar-refractivity contribution < 1.29 is 80.2 Å². The maximum Gasteiger partial charge on any atom is 0.472 e. The van der Waals surface area contributed by atoms with Gasteiger partial charge in [-0.25, -0.2) is 9.13 Å². The van der Waals surface area contributed by atoms with Crippen molar-refractivity contribution in [3.05, 3.63) is 0 Å². The summed E-state index contributed by atoms with van der Waals surface area (Å²) in [6.07, 6.45) is 60.9. The van der Waals surface area contributed by atoms with Gasteiger partial charge in [-0.1, -0.05) is 376 Å². The second-order valence-corrected chi connectivity index (χ2v) is 33.6. The molecule has 101 heavy (non-hydrogen) atoms. The van der Waals surface area contributed by atoms with E-state index in [4.69, 9.17) is 37.0 Å². The van der Waals surface area contributed by atoms with Crippen molar-refractivity contribution >= 4 is 39.5 Å². The third kappa shape index (κ3) is 74.7. The number of unbranched alkanes of at least 4 members (excludes halogenated alkanes) is 47. The summed E-state index contributed by atoms with van der Waals surface area (Å²) in [7, 11) is -9.92. The van der Waals surface area contributed by atoms with Gasteiger partial charge in [-0.05, 0) is 43.4 Å². The molecule has 19 heteroatoms.